The smallest absolute Gasteiger partial charge is 0.0375 e. The average molecular weight is 320 g/mol. The molecule has 0 heterocycles. The van der Waals surface area contributed by atoms with E-state index in [0.29, 0.717) is 0 Å². The second-order valence-corrected chi connectivity index (χ2v) is 6.10. The van der Waals surface area contributed by atoms with Gasteiger partial charge in [0.2, 0.25) is 0 Å². The zero-order chi connectivity index (χ0) is 17.4. The van der Waals surface area contributed by atoms with Gasteiger partial charge in [0.05, 0.1) is 0 Å². The number of benzene rings is 2. The molecule has 0 fully saturated rings. The lowest BCUT2D eigenvalue weighted by Gasteiger charge is -2.16. The number of anilines is 1. The van der Waals surface area contributed by atoms with E-state index in [1.807, 2.05) is 6.21 Å². The second kappa shape index (κ2) is 9.07. The van der Waals surface area contributed by atoms with Gasteiger partial charge < -0.3 is 5.32 Å². The van der Waals surface area contributed by atoms with Gasteiger partial charge in [-0.1, -0.05) is 30.3 Å². The lowest BCUT2D eigenvalue weighted by atomic mass is 9.94. The van der Waals surface area contributed by atoms with Crippen molar-refractivity contribution >= 4 is 17.5 Å². The van der Waals surface area contributed by atoms with Gasteiger partial charge in [0, 0.05) is 25.5 Å². The number of hydrogen-bond acceptors (Lipinski definition) is 2. The fraction of sp³-hybridized carbons (Fsp3) is 0.318. The molecule has 0 aliphatic carbocycles. The van der Waals surface area contributed by atoms with E-state index in [-0.39, 0.29) is 0 Å². The van der Waals surface area contributed by atoms with E-state index in [9.17, 15) is 0 Å². The summed E-state index contributed by atoms with van der Waals surface area (Å²) in [6.45, 7) is 7.41. The first-order chi connectivity index (χ1) is 11.7. The molecule has 0 spiro atoms. The van der Waals surface area contributed by atoms with Gasteiger partial charge >= 0.3 is 0 Å². The first-order valence-electron chi connectivity index (χ1n) is 8.66. The molecular formula is C22H28N2. The molecule has 2 aromatic rings. The maximum atomic E-state index is 4.06. The predicted molar refractivity (Wildman–Crippen MR) is 107 cm³/mol. The van der Waals surface area contributed by atoms with Crippen LogP contribution in [-0.4, -0.2) is 19.8 Å². The minimum Gasteiger partial charge on any atom is -0.385 e. The van der Waals surface area contributed by atoms with Crippen LogP contribution in [0.2, 0.25) is 0 Å². The molecule has 2 aromatic carbocycles. The summed E-state index contributed by atoms with van der Waals surface area (Å²) in [5.74, 6) is 0. The molecule has 24 heavy (non-hydrogen) atoms. The van der Waals surface area contributed by atoms with E-state index in [4.69, 9.17) is 0 Å². The van der Waals surface area contributed by atoms with E-state index in [1.165, 1.54) is 33.5 Å². The molecule has 0 saturated carbocycles. The minimum absolute atomic E-state index is 0.939. The first kappa shape index (κ1) is 18.0. The summed E-state index contributed by atoms with van der Waals surface area (Å²) < 4.78 is 0. The molecule has 0 unspecified atom stereocenters. The van der Waals surface area contributed by atoms with E-state index < -0.39 is 0 Å². The highest BCUT2D eigenvalue weighted by Gasteiger charge is 2.09. The van der Waals surface area contributed by atoms with Crippen LogP contribution in [0.1, 0.15) is 36.1 Å². The molecule has 0 atom stereocenters. The third-order valence-corrected chi connectivity index (χ3v) is 4.24. The van der Waals surface area contributed by atoms with Gasteiger partial charge in [-0.15, -0.1) is 0 Å². The lowest BCUT2D eigenvalue weighted by Crippen LogP contribution is -2.04. The summed E-state index contributed by atoms with van der Waals surface area (Å²) in [7, 11) is 1.80. The van der Waals surface area contributed by atoms with Gasteiger partial charge in [-0.25, -0.2) is 0 Å². The highest BCUT2D eigenvalue weighted by Crippen LogP contribution is 2.27. The molecule has 0 aromatic heterocycles. The maximum absolute atomic E-state index is 4.06. The number of hydrogen-bond donors (Lipinski definition) is 1. The van der Waals surface area contributed by atoms with Crippen molar-refractivity contribution in [2.45, 2.75) is 33.6 Å². The van der Waals surface area contributed by atoms with Gasteiger partial charge in [-0.2, -0.15) is 0 Å². The molecule has 0 saturated heterocycles. The molecule has 2 rings (SSSR count). The van der Waals surface area contributed by atoms with Crippen LogP contribution in [0.25, 0.3) is 5.57 Å². The molecular weight excluding hydrogens is 292 g/mol. The molecule has 2 nitrogen and oxygen atoms in total. The lowest BCUT2D eigenvalue weighted by molar-refractivity contribution is 0.956. The Hall–Kier alpha value is -2.35. The van der Waals surface area contributed by atoms with Gasteiger partial charge in [0.25, 0.3) is 0 Å². The summed E-state index contributed by atoms with van der Waals surface area (Å²) in [6.07, 6.45) is 6.03. The third kappa shape index (κ3) is 4.82. The van der Waals surface area contributed by atoms with E-state index in [1.54, 1.807) is 7.05 Å². The maximum Gasteiger partial charge on any atom is 0.0375 e. The van der Waals surface area contributed by atoms with Crippen LogP contribution in [-0.2, 0) is 12.8 Å². The molecule has 0 radical (unpaired) electrons. The Labute approximate surface area is 146 Å². The molecule has 2 heteroatoms. The molecule has 0 amide bonds. The Morgan fingerprint density at radius 2 is 1.88 bits per heavy atom. The van der Waals surface area contributed by atoms with Gasteiger partial charge in [0.1, 0.15) is 0 Å². The third-order valence-electron chi connectivity index (χ3n) is 4.24. The fourth-order valence-corrected chi connectivity index (χ4v) is 2.94. The minimum atomic E-state index is 0.939. The van der Waals surface area contributed by atoms with E-state index in [2.05, 4.69) is 79.6 Å². The Bertz CT molecular complexity index is 712. The zero-order valence-corrected chi connectivity index (χ0v) is 15.3. The molecule has 1 N–H and O–H groups in total. The van der Waals surface area contributed by atoms with Gasteiger partial charge in [-0.05, 0) is 79.6 Å². The number of nitrogens with one attached hydrogen (secondary N) is 1. The highest BCUT2D eigenvalue weighted by atomic mass is 14.9. The fourth-order valence-electron chi connectivity index (χ4n) is 2.94. The van der Waals surface area contributed by atoms with Crippen molar-refractivity contribution in [2.24, 2.45) is 4.99 Å². The SMILES string of the molecule is CCNc1cc(C)c(/C(C)=C/C=NC)cc1CCc1ccccc1. The van der Waals surface area contributed by atoms with Crippen molar-refractivity contribution in [2.75, 3.05) is 18.9 Å². The van der Waals surface area contributed by atoms with Crippen molar-refractivity contribution < 1.29 is 0 Å². The van der Waals surface area contributed by atoms with E-state index in [0.717, 1.165) is 19.4 Å². The van der Waals surface area contributed by atoms with E-state index >= 15 is 0 Å². The van der Waals surface area contributed by atoms with Crippen LogP contribution in [0.4, 0.5) is 5.69 Å². The summed E-state index contributed by atoms with van der Waals surface area (Å²) in [4.78, 5) is 4.06. The standard InChI is InChI=1S/C22H28N2/c1-5-24-22-15-18(3)21(17(2)13-14-23-4)16-20(22)12-11-19-9-7-6-8-10-19/h6-10,13-16,24H,5,11-12H2,1-4H3/b17-13+,23-14?. The number of aliphatic imine (C=N–C) groups is 1. The average Bonchev–Trinajstić information content (AvgIpc) is 2.60. The molecule has 0 bridgehead atoms. The summed E-state index contributed by atoms with van der Waals surface area (Å²) in [5.41, 5.74) is 7.87. The molecule has 0 aliphatic rings. The zero-order valence-electron chi connectivity index (χ0n) is 15.3. The van der Waals surface area contributed by atoms with Crippen molar-refractivity contribution in [3.8, 4) is 0 Å². The number of aryl methyl sites for hydroxylation is 3. The monoisotopic (exact) mass is 320 g/mol. The largest absolute Gasteiger partial charge is 0.385 e. The Morgan fingerprint density at radius 1 is 1.12 bits per heavy atom. The number of allylic oxidation sites excluding steroid dienone is 2. The normalized spacial score (nSPS) is 11.9. The number of nitrogens with zero attached hydrogens (tertiary/aromatic N) is 1. The van der Waals surface area contributed by atoms with Crippen molar-refractivity contribution in [1.29, 1.82) is 0 Å². The topological polar surface area (TPSA) is 24.4 Å². The number of rotatable bonds is 7. The summed E-state index contributed by atoms with van der Waals surface area (Å²) in [5, 5.41) is 3.52. The van der Waals surface area contributed by atoms with Crippen LogP contribution < -0.4 is 5.32 Å². The Morgan fingerprint density at radius 3 is 2.54 bits per heavy atom. The Balaban J connectivity index is 2.32. The van der Waals surface area contributed by atoms with Crippen LogP contribution in [0, 0.1) is 6.92 Å². The van der Waals surface area contributed by atoms with Crippen LogP contribution in [0.15, 0.2) is 53.5 Å². The highest BCUT2D eigenvalue weighted by molar-refractivity contribution is 5.85. The van der Waals surface area contributed by atoms with Crippen LogP contribution in [0.3, 0.4) is 0 Å². The summed E-state index contributed by atoms with van der Waals surface area (Å²) >= 11 is 0. The first-order valence-corrected chi connectivity index (χ1v) is 8.66. The summed E-state index contributed by atoms with van der Waals surface area (Å²) in [6, 6.07) is 15.3. The van der Waals surface area contributed by atoms with Crippen molar-refractivity contribution in [3.05, 3.63) is 70.8 Å². The predicted octanol–water partition coefficient (Wildman–Crippen LogP) is 5.32. The molecule has 126 valence electrons. The second-order valence-electron chi connectivity index (χ2n) is 6.10. The van der Waals surface area contributed by atoms with Crippen molar-refractivity contribution in [3.63, 3.8) is 0 Å². The van der Waals surface area contributed by atoms with Crippen LogP contribution in [0.5, 0.6) is 0 Å². The van der Waals surface area contributed by atoms with Crippen molar-refractivity contribution in [1.82, 2.24) is 0 Å². The van der Waals surface area contributed by atoms with Gasteiger partial charge in [-0.3, -0.25) is 4.99 Å². The van der Waals surface area contributed by atoms with Gasteiger partial charge in [0.15, 0.2) is 0 Å². The Kier molecular flexibility index (Phi) is 6.80. The quantitative estimate of drug-likeness (QED) is 0.686. The molecule has 0 aliphatic heterocycles. The van der Waals surface area contributed by atoms with Crippen LogP contribution >= 0.6 is 0 Å².